The van der Waals surface area contributed by atoms with Crippen LogP contribution in [0.2, 0.25) is 0 Å². The molecule has 10 aromatic carbocycles. The molecule has 0 amide bonds. The van der Waals surface area contributed by atoms with Crippen molar-refractivity contribution in [2.24, 2.45) is 0 Å². The second kappa shape index (κ2) is 13.2. The van der Waals surface area contributed by atoms with Gasteiger partial charge in [0.25, 0.3) is 0 Å². The molecule has 0 unspecified atom stereocenters. The highest BCUT2D eigenvalue weighted by Gasteiger charge is 2.21. The Labute approximate surface area is 325 Å². The number of nitrogens with zero attached hydrogens (tertiary/aromatic N) is 1. The maximum absolute atomic E-state index is 6.90. The van der Waals surface area contributed by atoms with E-state index in [0.29, 0.717) is 0 Å². The van der Waals surface area contributed by atoms with Gasteiger partial charge in [-0.1, -0.05) is 170 Å². The van der Waals surface area contributed by atoms with E-state index in [1.165, 1.54) is 54.7 Å². The van der Waals surface area contributed by atoms with Gasteiger partial charge in [0.15, 0.2) is 5.58 Å². The van der Waals surface area contributed by atoms with Gasteiger partial charge >= 0.3 is 0 Å². The van der Waals surface area contributed by atoms with Crippen molar-refractivity contribution in [3.05, 3.63) is 212 Å². The molecule has 56 heavy (non-hydrogen) atoms. The summed E-state index contributed by atoms with van der Waals surface area (Å²) >= 11 is 0. The summed E-state index contributed by atoms with van der Waals surface area (Å²) in [5, 5.41) is 9.55. The third-order valence-corrected chi connectivity index (χ3v) is 11.3. The van der Waals surface area contributed by atoms with E-state index in [1.54, 1.807) is 0 Å². The minimum Gasteiger partial charge on any atom is -0.453 e. The van der Waals surface area contributed by atoms with Crippen molar-refractivity contribution in [1.29, 1.82) is 0 Å². The van der Waals surface area contributed by atoms with Crippen molar-refractivity contribution < 1.29 is 4.42 Å². The number of hydrogen-bond donors (Lipinski definition) is 0. The van der Waals surface area contributed by atoms with Crippen molar-refractivity contribution in [2.75, 3.05) is 4.90 Å². The summed E-state index contributed by atoms with van der Waals surface area (Å²) in [6.07, 6.45) is 0. The molecule has 0 aliphatic carbocycles. The van der Waals surface area contributed by atoms with E-state index in [9.17, 15) is 0 Å². The highest BCUT2D eigenvalue weighted by molar-refractivity contribution is 6.18. The quantitative estimate of drug-likeness (QED) is 0.160. The van der Waals surface area contributed by atoms with E-state index in [-0.39, 0.29) is 0 Å². The van der Waals surface area contributed by atoms with Crippen LogP contribution in [0.3, 0.4) is 0 Å². The van der Waals surface area contributed by atoms with Crippen LogP contribution in [-0.2, 0) is 0 Å². The molecule has 0 aliphatic heterocycles. The smallest absolute Gasteiger partial charge is 0.159 e. The molecule has 0 saturated heterocycles. The molecule has 2 heteroatoms. The first-order valence-corrected chi connectivity index (χ1v) is 19.2. The van der Waals surface area contributed by atoms with Crippen molar-refractivity contribution in [3.63, 3.8) is 0 Å². The predicted molar refractivity (Wildman–Crippen MR) is 237 cm³/mol. The molecule has 0 bridgehead atoms. The lowest BCUT2D eigenvalue weighted by Gasteiger charge is -2.26. The first-order chi connectivity index (χ1) is 27.8. The van der Waals surface area contributed by atoms with Crippen LogP contribution in [-0.4, -0.2) is 0 Å². The molecule has 0 spiro atoms. The van der Waals surface area contributed by atoms with E-state index >= 15 is 0 Å². The van der Waals surface area contributed by atoms with Gasteiger partial charge in [0.2, 0.25) is 0 Å². The first-order valence-electron chi connectivity index (χ1n) is 19.2. The molecule has 1 aromatic heterocycles. The largest absolute Gasteiger partial charge is 0.453 e. The first kappa shape index (κ1) is 32.0. The van der Waals surface area contributed by atoms with E-state index in [0.717, 1.165) is 50.0 Å². The Kier molecular flexibility index (Phi) is 7.53. The van der Waals surface area contributed by atoms with E-state index in [2.05, 4.69) is 217 Å². The maximum Gasteiger partial charge on any atom is 0.159 e. The Morgan fingerprint density at radius 2 is 0.839 bits per heavy atom. The molecular formula is C54H35NO. The van der Waals surface area contributed by atoms with Crippen molar-refractivity contribution in [2.45, 2.75) is 0 Å². The molecule has 0 N–H and O–H groups in total. The minimum atomic E-state index is 0.864. The summed E-state index contributed by atoms with van der Waals surface area (Å²) in [7, 11) is 0. The lowest BCUT2D eigenvalue weighted by Crippen LogP contribution is -2.10. The van der Waals surface area contributed by atoms with Crippen molar-refractivity contribution >= 4 is 71.3 Å². The monoisotopic (exact) mass is 713 g/mol. The number of para-hydroxylation sites is 1. The van der Waals surface area contributed by atoms with Gasteiger partial charge < -0.3 is 9.32 Å². The van der Waals surface area contributed by atoms with Crippen LogP contribution >= 0.6 is 0 Å². The van der Waals surface area contributed by atoms with Gasteiger partial charge in [-0.15, -0.1) is 0 Å². The summed E-state index contributed by atoms with van der Waals surface area (Å²) in [6.45, 7) is 0. The molecule has 1 heterocycles. The average molecular weight is 714 g/mol. The number of furan rings is 1. The molecule has 0 atom stereocenters. The van der Waals surface area contributed by atoms with Gasteiger partial charge in [0.1, 0.15) is 5.58 Å². The molecule has 0 fully saturated rings. The zero-order chi connectivity index (χ0) is 37.0. The van der Waals surface area contributed by atoms with Crippen LogP contribution in [0, 0.1) is 0 Å². The van der Waals surface area contributed by atoms with Crippen LogP contribution in [0.1, 0.15) is 0 Å². The third kappa shape index (κ3) is 5.26. The summed E-state index contributed by atoms with van der Waals surface area (Å²) in [5.41, 5.74) is 12.1. The van der Waals surface area contributed by atoms with Crippen LogP contribution in [0.25, 0.3) is 87.6 Å². The minimum absolute atomic E-state index is 0.864. The molecule has 262 valence electrons. The number of fused-ring (bicyclic) bond motifs is 8. The Hall–Kier alpha value is -7.42. The Morgan fingerprint density at radius 3 is 1.61 bits per heavy atom. The van der Waals surface area contributed by atoms with Gasteiger partial charge in [-0.3, -0.25) is 0 Å². The fourth-order valence-electron chi connectivity index (χ4n) is 8.59. The van der Waals surface area contributed by atoms with Gasteiger partial charge in [-0.25, -0.2) is 0 Å². The summed E-state index contributed by atoms with van der Waals surface area (Å²) in [5.74, 6) is 0. The zero-order valence-corrected chi connectivity index (χ0v) is 30.6. The second-order valence-corrected chi connectivity index (χ2v) is 14.5. The average Bonchev–Trinajstić information content (AvgIpc) is 3.67. The number of rotatable bonds is 6. The lowest BCUT2D eigenvalue weighted by atomic mass is 9.89. The fourth-order valence-corrected chi connectivity index (χ4v) is 8.59. The number of anilines is 3. The lowest BCUT2D eigenvalue weighted by molar-refractivity contribution is 0.673. The van der Waals surface area contributed by atoms with E-state index < -0.39 is 0 Å². The molecule has 2 nitrogen and oxygen atoms in total. The Bertz CT molecular complexity index is 3230. The van der Waals surface area contributed by atoms with Crippen LogP contribution in [0.4, 0.5) is 17.1 Å². The Morgan fingerprint density at radius 1 is 0.286 bits per heavy atom. The van der Waals surface area contributed by atoms with Gasteiger partial charge in [-0.05, 0) is 103 Å². The maximum atomic E-state index is 6.90. The summed E-state index contributed by atoms with van der Waals surface area (Å²) in [6, 6.07) is 76.3. The standard InChI is InChI=1S/C54H35NO/c1-2-13-36(14-3-1)37-25-30-41(31-26-37)55(52-24-12-23-49-50-34-29-38-15-4-7-19-45(38)53(50)56-54(49)52)42-32-27-39(28-33-42)43-17-8-9-21-47(43)51-35-40-16-5-6-18-44(40)46-20-10-11-22-48(46)51/h1-35H. The van der Waals surface area contributed by atoms with Crippen molar-refractivity contribution in [1.82, 2.24) is 0 Å². The normalized spacial score (nSPS) is 11.6. The van der Waals surface area contributed by atoms with Gasteiger partial charge in [0, 0.05) is 27.5 Å². The third-order valence-electron chi connectivity index (χ3n) is 11.3. The van der Waals surface area contributed by atoms with Crippen molar-refractivity contribution in [3.8, 4) is 33.4 Å². The SMILES string of the molecule is c1ccc(-c2ccc(N(c3ccc(-c4ccccc4-c4cc5ccccc5c5ccccc45)cc3)c3cccc4c3oc3c5ccccc5ccc43)cc2)cc1. The van der Waals surface area contributed by atoms with Gasteiger partial charge in [0.05, 0.1) is 5.69 Å². The Balaban J connectivity index is 1.07. The van der Waals surface area contributed by atoms with Crippen LogP contribution < -0.4 is 4.90 Å². The van der Waals surface area contributed by atoms with Gasteiger partial charge in [-0.2, -0.15) is 0 Å². The van der Waals surface area contributed by atoms with Crippen LogP contribution in [0.5, 0.6) is 0 Å². The summed E-state index contributed by atoms with van der Waals surface area (Å²) < 4.78 is 6.90. The molecule has 11 aromatic rings. The fraction of sp³-hybridized carbons (Fsp3) is 0. The number of benzene rings is 10. The number of hydrogen-bond acceptors (Lipinski definition) is 2. The second-order valence-electron chi connectivity index (χ2n) is 14.5. The summed E-state index contributed by atoms with van der Waals surface area (Å²) in [4.78, 5) is 2.33. The molecular weight excluding hydrogens is 679 g/mol. The molecule has 0 saturated carbocycles. The van der Waals surface area contributed by atoms with E-state index in [4.69, 9.17) is 4.42 Å². The molecule has 0 aliphatic rings. The topological polar surface area (TPSA) is 16.4 Å². The zero-order valence-electron chi connectivity index (χ0n) is 30.6. The molecule has 11 rings (SSSR count). The van der Waals surface area contributed by atoms with Crippen LogP contribution in [0.15, 0.2) is 217 Å². The highest BCUT2D eigenvalue weighted by Crippen LogP contribution is 2.45. The highest BCUT2D eigenvalue weighted by atomic mass is 16.3. The predicted octanol–water partition coefficient (Wildman–Crippen LogP) is 15.5. The molecule has 0 radical (unpaired) electrons. The van der Waals surface area contributed by atoms with E-state index in [1.807, 2.05) is 0 Å².